The molecule has 0 spiro atoms. The Morgan fingerprint density at radius 2 is 0.785 bits per heavy atom. The summed E-state index contributed by atoms with van der Waals surface area (Å²) in [5, 5.41) is 5.23. The summed E-state index contributed by atoms with van der Waals surface area (Å²) >= 11 is 0. The fourth-order valence-corrected chi connectivity index (χ4v) is 11.2. The Bertz CT molecular complexity index is 2790. The van der Waals surface area contributed by atoms with Crippen molar-refractivity contribution in [1.82, 2.24) is 0 Å². The minimum absolute atomic E-state index is 0.0632. The van der Waals surface area contributed by atoms with Crippen LogP contribution in [0.15, 0.2) is 158 Å². The number of anilines is 3. The summed E-state index contributed by atoms with van der Waals surface area (Å²) in [6.07, 6.45) is 18.5. The molecular weight excluding hydrogens is 783 g/mol. The molecular formula is C64H69N. The van der Waals surface area contributed by atoms with Crippen LogP contribution < -0.4 is 4.90 Å². The molecule has 1 aliphatic carbocycles. The van der Waals surface area contributed by atoms with Gasteiger partial charge in [-0.15, -0.1) is 0 Å². The molecule has 0 fully saturated rings. The molecule has 0 unspecified atom stereocenters. The van der Waals surface area contributed by atoms with Crippen LogP contribution >= 0.6 is 0 Å². The lowest BCUT2D eigenvalue weighted by molar-refractivity contribution is 0.398. The molecule has 0 aliphatic heterocycles. The Kier molecular flexibility index (Phi) is 13.7. The predicted octanol–water partition coefficient (Wildman–Crippen LogP) is 19.5. The van der Waals surface area contributed by atoms with E-state index in [2.05, 4.69) is 197 Å². The SMILES string of the molecule is CCCCCCCCC1(CCCCCCCC)c2cc(C)ccc2-c2ccc(-c3ccc(N(c4ccc(C)cc4)c4ccc(-c5c6ccccc6c(C)c6ccccc56)cc4)cc3)cc21. The molecule has 0 N–H and O–H groups in total. The highest BCUT2D eigenvalue weighted by Gasteiger charge is 2.42. The number of rotatable bonds is 19. The quantitative estimate of drug-likeness (QED) is 0.0579. The minimum atomic E-state index is 0.0632. The Hall–Kier alpha value is -5.92. The molecule has 330 valence electrons. The molecule has 0 heterocycles. The van der Waals surface area contributed by atoms with E-state index in [1.807, 2.05) is 0 Å². The Morgan fingerprint density at radius 1 is 0.369 bits per heavy atom. The van der Waals surface area contributed by atoms with Crippen molar-refractivity contribution in [3.8, 4) is 33.4 Å². The van der Waals surface area contributed by atoms with Gasteiger partial charge in [-0.2, -0.15) is 0 Å². The molecule has 0 atom stereocenters. The number of nitrogens with zero attached hydrogens (tertiary/aromatic N) is 1. The predicted molar refractivity (Wildman–Crippen MR) is 283 cm³/mol. The molecule has 1 heteroatoms. The number of benzene rings is 8. The second-order valence-electron chi connectivity index (χ2n) is 19.3. The lowest BCUT2D eigenvalue weighted by atomic mass is 9.70. The van der Waals surface area contributed by atoms with Crippen LogP contribution in [0.25, 0.3) is 54.9 Å². The van der Waals surface area contributed by atoms with E-state index in [0.717, 1.165) is 17.1 Å². The number of fused-ring (bicyclic) bond motifs is 5. The number of hydrogen-bond donors (Lipinski definition) is 0. The van der Waals surface area contributed by atoms with Crippen molar-refractivity contribution in [1.29, 1.82) is 0 Å². The first-order valence-corrected chi connectivity index (χ1v) is 25.1. The van der Waals surface area contributed by atoms with E-state index in [1.54, 1.807) is 11.1 Å². The van der Waals surface area contributed by atoms with Gasteiger partial charge in [0, 0.05) is 22.5 Å². The van der Waals surface area contributed by atoms with Gasteiger partial charge < -0.3 is 4.90 Å². The van der Waals surface area contributed by atoms with Gasteiger partial charge in [0.2, 0.25) is 0 Å². The van der Waals surface area contributed by atoms with Gasteiger partial charge in [0.05, 0.1) is 0 Å². The van der Waals surface area contributed by atoms with Crippen molar-refractivity contribution >= 4 is 38.6 Å². The summed E-state index contributed by atoms with van der Waals surface area (Å²) in [7, 11) is 0. The van der Waals surface area contributed by atoms with Crippen molar-refractivity contribution in [3.63, 3.8) is 0 Å². The van der Waals surface area contributed by atoms with E-state index in [-0.39, 0.29) is 5.41 Å². The standard InChI is InChI=1S/C64H69N/c1-6-8-10-12-14-20-42-64(43-21-15-13-11-9-7-2)61-44-47(4)28-40-57(61)58-41-33-51(45-62(58)64)49-29-36-53(37-30-49)65(52-34-26-46(3)27-35-52)54-38-31-50(32-39-54)63-59-24-18-16-22-55(59)48(5)56-23-17-19-25-60(56)63/h16-19,22-41,44-45H,6-15,20-21,42-43H2,1-5H3. The van der Waals surface area contributed by atoms with Crippen LogP contribution in [0.3, 0.4) is 0 Å². The number of hydrogen-bond acceptors (Lipinski definition) is 1. The second-order valence-corrected chi connectivity index (χ2v) is 19.3. The van der Waals surface area contributed by atoms with E-state index in [4.69, 9.17) is 0 Å². The van der Waals surface area contributed by atoms with Crippen LogP contribution in [-0.4, -0.2) is 0 Å². The average Bonchev–Trinajstić information content (AvgIpc) is 3.60. The van der Waals surface area contributed by atoms with Gasteiger partial charge in [-0.25, -0.2) is 0 Å². The maximum atomic E-state index is 2.60. The number of unbranched alkanes of at least 4 members (excludes halogenated alkanes) is 10. The third-order valence-corrected chi connectivity index (χ3v) is 14.8. The average molecular weight is 852 g/mol. The maximum absolute atomic E-state index is 2.60. The fraction of sp³-hybridized carbons (Fsp3) is 0.312. The Balaban J connectivity index is 1.06. The zero-order chi connectivity index (χ0) is 44.8. The molecule has 65 heavy (non-hydrogen) atoms. The summed E-state index contributed by atoms with van der Waals surface area (Å²) < 4.78 is 0. The van der Waals surface area contributed by atoms with Crippen molar-refractivity contribution < 1.29 is 0 Å². The topological polar surface area (TPSA) is 3.24 Å². The molecule has 0 amide bonds. The van der Waals surface area contributed by atoms with Gasteiger partial charge in [-0.3, -0.25) is 0 Å². The first-order valence-electron chi connectivity index (χ1n) is 25.1. The summed E-state index contributed by atoms with van der Waals surface area (Å²) in [4.78, 5) is 2.41. The van der Waals surface area contributed by atoms with Crippen molar-refractivity contribution in [3.05, 3.63) is 186 Å². The lowest BCUT2D eigenvalue weighted by Gasteiger charge is -2.33. The monoisotopic (exact) mass is 852 g/mol. The maximum Gasteiger partial charge on any atom is 0.0462 e. The first kappa shape index (κ1) is 44.3. The van der Waals surface area contributed by atoms with Crippen LogP contribution in [0, 0.1) is 20.8 Å². The van der Waals surface area contributed by atoms with Crippen LogP contribution in [0.4, 0.5) is 17.1 Å². The molecule has 0 saturated heterocycles. The van der Waals surface area contributed by atoms with Gasteiger partial charge in [0.25, 0.3) is 0 Å². The summed E-state index contributed by atoms with van der Waals surface area (Å²) in [5.74, 6) is 0. The van der Waals surface area contributed by atoms with Crippen molar-refractivity contribution in [2.24, 2.45) is 0 Å². The van der Waals surface area contributed by atoms with Crippen molar-refractivity contribution in [2.45, 2.75) is 130 Å². The van der Waals surface area contributed by atoms with E-state index >= 15 is 0 Å². The highest BCUT2D eigenvalue weighted by atomic mass is 15.1. The molecule has 1 aliphatic rings. The van der Waals surface area contributed by atoms with Crippen LogP contribution in [0.1, 0.15) is 132 Å². The molecule has 0 radical (unpaired) electrons. The summed E-state index contributed by atoms with van der Waals surface area (Å²) in [6.45, 7) is 11.4. The van der Waals surface area contributed by atoms with E-state index < -0.39 is 0 Å². The van der Waals surface area contributed by atoms with Gasteiger partial charge in [0.1, 0.15) is 0 Å². The van der Waals surface area contributed by atoms with Crippen LogP contribution in [-0.2, 0) is 5.41 Å². The lowest BCUT2D eigenvalue weighted by Crippen LogP contribution is -2.25. The smallest absolute Gasteiger partial charge is 0.0462 e. The summed E-state index contributed by atoms with van der Waals surface area (Å²) in [5.41, 5.74) is 18.7. The zero-order valence-corrected chi connectivity index (χ0v) is 39.9. The molecule has 1 nitrogen and oxygen atoms in total. The molecule has 9 rings (SSSR count). The Labute approximate surface area is 390 Å². The molecule has 8 aromatic rings. The fourth-order valence-electron chi connectivity index (χ4n) is 11.2. The first-order chi connectivity index (χ1) is 31.9. The van der Waals surface area contributed by atoms with E-state index in [1.165, 1.54) is 162 Å². The molecule has 0 aromatic heterocycles. The van der Waals surface area contributed by atoms with Gasteiger partial charge in [0.15, 0.2) is 0 Å². The van der Waals surface area contributed by atoms with E-state index in [9.17, 15) is 0 Å². The highest BCUT2D eigenvalue weighted by Crippen LogP contribution is 2.55. The van der Waals surface area contributed by atoms with E-state index in [0.29, 0.717) is 0 Å². The van der Waals surface area contributed by atoms with Crippen LogP contribution in [0.5, 0.6) is 0 Å². The van der Waals surface area contributed by atoms with Gasteiger partial charge >= 0.3 is 0 Å². The summed E-state index contributed by atoms with van der Waals surface area (Å²) in [6, 6.07) is 60.1. The third-order valence-electron chi connectivity index (χ3n) is 14.8. The minimum Gasteiger partial charge on any atom is -0.311 e. The van der Waals surface area contributed by atoms with Gasteiger partial charge in [-0.1, -0.05) is 217 Å². The van der Waals surface area contributed by atoms with Gasteiger partial charge in [-0.05, 0) is 148 Å². The number of aryl methyl sites for hydroxylation is 3. The second kappa shape index (κ2) is 20.1. The highest BCUT2D eigenvalue weighted by molar-refractivity contribution is 6.15. The molecule has 8 aromatic carbocycles. The van der Waals surface area contributed by atoms with Crippen LogP contribution in [0.2, 0.25) is 0 Å². The largest absolute Gasteiger partial charge is 0.311 e. The van der Waals surface area contributed by atoms with Crippen molar-refractivity contribution in [2.75, 3.05) is 4.90 Å². The zero-order valence-electron chi connectivity index (χ0n) is 39.9. The third kappa shape index (κ3) is 9.05. The molecule has 0 bridgehead atoms. The molecule has 0 saturated carbocycles. The Morgan fingerprint density at radius 3 is 1.32 bits per heavy atom. The normalized spacial score (nSPS) is 12.8.